The lowest BCUT2D eigenvalue weighted by Gasteiger charge is -2.36. The summed E-state index contributed by atoms with van der Waals surface area (Å²) in [6.45, 7) is 3.39. The van der Waals surface area contributed by atoms with Gasteiger partial charge in [-0.15, -0.1) is 0 Å². The highest BCUT2D eigenvalue weighted by Crippen LogP contribution is 2.33. The summed E-state index contributed by atoms with van der Waals surface area (Å²) < 4.78 is 0. The Hall–Kier alpha value is -3.51. The van der Waals surface area contributed by atoms with Gasteiger partial charge < -0.3 is 10.2 Å². The minimum absolute atomic E-state index is 0.0180. The van der Waals surface area contributed by atoms with E-state index in [9.17, 15) is 9.59 Å². The van der Waals surface area contributed by atoms with Crippen LogP contribution in [-0.4, -0.2) is 53.3 Å². The fourth-order valence-electron chi connectivity index (χ4n) is 4.19. The molecule has 0 aliphatic carbocycles. The fraction of sp³-hybridized carbons (Fsp3) is 0.269. The first-order chi connectivity index (χ1) is 15.5. The lowest BCUT2D eigenvalue weighted by Crippen LogP contribution is -2.44. The van der Waals surface area contributed by atoms with Crippen LogP contribution in [0, 0.1) is 6.92 Å². The van der Waals surface area contributed by atoms with Gasteiger partial charge in [0.2, 0.25) is 11.8 Å². The normalized spacial score (nSPS) is 15.3. The van der Waals surface area contributed by atoms with E-state index < -0.39 is 0 Å². The quantitative estimate of drug-likeness (QED) is 0.653. The van der Waals surface area contributed by atoms with E-state index in [0.717, 1.165) is 5.69 Å². The largest absolute Gasteiger partial charge is 0.336 e. The van der Waals surface area contributed by atoms with Crippen molar-refractivity contribution in [2.45, 2.75) is 19.4 Å². The molecule has 0 bridgehead atoms. The maximum atomic E-state index is 13.1. The van der Waals surface area contributed by atoms with Crippen LogP contribution in [0.25, 0.3) is 0 Å². The third-order valence-electron chi connectivity index (χ3n) is 5.72. The molecule has 6 nitrogen and oxygen atoms in total. The number of anilines is 1. The van der Waals surface area contributed by atoms with E-state index in [1.807, 2.05) is 48.2 Å². The van der Waals surface area contributed by atoms with Crippen LogP contribution in [0.3, 0.4) is 0 Å². The molecule has 0 spiro atoms. The van der Waals surface area contributed by atoms with Gasteiger partial charge in [-0.05, 0) is 42.8 Å². The lowest BCUT2D eigenvalue weighted by atomic mass is 9.84. The number of carbonyl (C=O) groups is 2. The van der Waals surface area contributed by atoms with Crippen molar-refractivity contribution in [1.29, 1.82) is 0 Å². The van der Waals surface area contributed by atoms with Gasteiger partial charge in [-0.25, -0.2) is 4.98 Å². The van der Waals surface area contributed by atoms with Gasteiger partial charge in [0.1, 0.15) is 5.82 Å². The number of nitrogens with one attached hydrogen (secondary N) is 1. The molecule has 1 N–H and O–H groups in total. The standard InChI is InChI=1S/C26H28N4O2/c1-19-9-8-14-24(27-19)28-25(31)17-29(2)18-26(32)30-15-21-12-6-7-13-22(21)23(16-30)20-10-4-3-5-11-20/h3-14,23H,15-18H2,1-2H3,(H,27,28,31). The van der Waals surface area contributed by atoms with Crippen molar-refractivity contribution in [3.05, 3.63) is 95.2 Å². The summed E-state index contributed by atoms with van der Waals surface area (Å²) in [5.74, 6) is 0.494. The Kier molecular flexibility index (Phi) is 6.61. The molecule has 3 aromatic rings. The van der Waals surface area contributed by atoms with E-state index in [1.165, 1.54) is 16.7 Å². The number of likely N-dealkylation sites (N-methyl/N-ethyl adjacent to an activating group) is 1. The molecule has 0 saturated heterocycles. The van der Waals surface area contributed by atoms with Gasteiger partial charge in [0.15, 0.2) is 0 Å². The molecule has 164 valence electrons. The minimum atomic E-state index is -0.190. The number of hydrogen-bond acceptors (Lipinski definition) is 4. The second kappa shape index (κ2) is 9.75. The smallest absolute Gasteiger partial charge is 0.239 e. The first-order valence-corrected chi connectivity index (χ1v) is 10.8. The van der Waals surface area contributed by atoms with Crippen molar-refractivity contribution in [2.24, 2.45) is 0 Å². The Labute approximate surface area is 188 Å². The molecule has 1 unspecified atom stereocenters. The summed E-state index contributed by atoms with van der Waals surface area (Å²) in [6, 6.07) is 24.1. The predicted octanol–water partition coefficient (Wildman–Crippen LogP) is 3.43. The third-order valence-corrected chi connectivity index (χ3v) is 5.72. The van der Waals surface area contributed by atoms with Crippen LogP contribution in [0.5, 0.6) is 0 Å². The molecule has 0 radical (unpaired) electrons. The molecular weight excluding hydrogens is 400 g/mol. The van der Waals surface area contributed by atoms with E-state index >= 15 is 0 Å². The number of nitrogens with zero attached hydrogens (tertiary/aromatic N) is 3. The molecule has 32 heavy (non-hydrogen) atoms. The number of rotatable bonds is 6. The summed E-state index contributed by atoms with van der Waals surface area (Å²) in [6.07, 6.45) is 0. The summed E-state index contributed by atoms with van der Waals surface area (Å²) >= 11 is 0. The van der Waals surface area contributed by atoms with E-state index in [0.29, 0.717) is 18.9 Å². The molecule has 6 heteroatoms. The monoisotopic (exact) mass is 428 g/mol. The van der Waals surface area contributed by atoms with Crippen LogP contribution in [0.15, 0.2) is 72.8 Å². The Balaban J connectivity index is 1.40. The van der Waals surface area contributed by atoms with Crippen molar-refractivity contribution in [3.63, 3.8) is 0 Å². The first kappa shape index (κ1) is 21.7. The molecule has 2 aromatic carbocycles. The van der Waals surface area contributed by atoms with E-state index in [-0.39, 0.29) is 30.8 Å². The molecule has 1 atom stereocenters. The molecule has 2 amide bonds. The molecule has 2 heterocycles. The number of fused-ring (bicyclic) bond motifs is 1. The Morgan fingerprint density at radius 3 is 2.53 bits per heavy atom. The second-order valence-corrected chi connectivity index (χ2v) is 8.32. The predicted molar refractivity (Wildman–Crippen MR) is 125 cm³/mol. The summed E-state index contributed by atoms with van der Waals surface area (Å²) in [7, 11) is 1.79. The number of carbonyl (C=O) groups excluding carboxylic acids is 2. The van der Waals surface area contributed by atoms with Crippen LogP contribution in [0.1, 0.15) is 28.3 Å². The van der Waals surface area contributed by atoms with Gasteiger partial charge in [0.25, 0.3) is 0 Å². The maximum absolute atomic E-state index is 13.1. The molecule has 1 aliphatic heterocycles. The third kappa shape index (κ3) is 5.21. The molecule has 1 aromatic heterocycles. The molecule has 0 saturated carbocycles. The van der Waals surface area contributed by atoms with Crippen molar-refractivity contribution >= 4 is 17.6 Å². The zero-order chi connectivity index (χ0) is 22.5. The van der Waals surface area contributed by atoms with Gasteiger partial charge >= 0.3 is 0 Å². The molecule has 4 rings (SSSR count). The Morgan fingerprint density at radius 1 is 1.00 bits per heavy atom. The number of pyridine rings is 1. The second-order valence-electron chi connectivity index (χ2n) is 8.32. The van der Waals surface area contributed by atoms with Gasteiger partial charge in [0, 0.05) is 24.7 Å². The molecule has 0 fully saturated rings. The van der Waals surface area contributed by atoms with E-state index in [4.69, 9.17) is 0 Å². The number of aromatic nitrogens is 1. The highest BCUT2D eigenvalue weighted by molar-refractivity contribution is 5.91. The zero-order valence-corrected chi connectivity index (χ0v) is 18.5. The van der Waals surface area contributed by atoms with Crippen molar-refractivity contribution in [2.75, 3.05) is 32.0 Å². The number of benzene rings is 2. The van der Waals surface area contributed by atoms with E-state index in [1.54, 1.807) is 18.0 Å². The highest BCUT2D eigenvalue weighted by atomic mass is 16.2. The van der Waals surface area contributed by atoms with Crippen LogP contribution in [0.2, 0.25) is 0 Å². The number of aryl methyl sites for hydroxylation is 1. The van der Waals surface area contributed by atoms with Crippen molar-refractivity contribution in [3.8, 4) is 0 Å². The Morgan fingerprint density at radius 2 is 1.75 bits per heavy atom. The number of amides is 2. The molecular formula is C26H28N4O2. The van der Waals surface area contributed by atoms with Crippen molar-refractivity contribution in [1.82, 2.24) is 14.8 Å². The summed E-state index contributed by atoms with van der Waals surface area (Å²) in [4.78, 5) is 33.4. The lowest BCUT2D eigenvalue weighted by molar-refractivity contribution is -0.133. The van der Waals surface area contributed by atoms with Gasteiger partial charge in [-0.3, -0.25) is 14.5 Å². The van der Waals surface area contributed by atoms with Crippen LogP contribution in [0.4, 0.5) is 5.82 Å². The Bertz CT molecular complexity index is 1100. The highest BCUT2D eigenvalue weighted by Gasteiger charge is 2.29. The number of hydrogen-bond donors (Lipinski definition) is 1. The molecule has 1 aliphatic rings. The fourth-order valence-corrected chi connectivity index (χ4v) is 4.19. The maximum Gasteiger partial charge on any atom is 0.239 e. The minimum Gasteiger partial charge on any atom is -0.336 e. The topological polar surface area (TPSA) is 65.5 Å². The summed E-state index contributed by atoms with van der Waals surface area (Å²) in [5.41, 5.74) is 4.49. The average molecular weight is 429 g/mol. The van der Waals surface area contributed by atoms with Gasteiger partial charge in [-0.2, -0.15) is 0 Å². The SMILES string of the molecule is Cc1cccc(NC(=O)CN(C)CC(=O)N2Cc3ccccc3C(c3ccccc3)C2)n1. The first-order valence-electron chi connectivity index (χ1n) is 10.8. The van der Waals surface area contributed by atoms with Crippen molar-refractivity contribution < 1.29 is 9.59 Å². The van der Waals surface area contributed by atoms with Crippen LogP contribution < -0.4 is 5.32 Å². The van der Waals surface area contributed by atoms with Gasteiger partial charge in [0.05, 0.1) is 13.1 Å². The van der Waals surface area contributed by atoms with Crippen LogP contribution in [-0.2, 0) is 16.1 Å². The summed E-state index contributed by atoms with van der Waals surface area (Å²) in [5, 5.41) is 2.79. The van der Waals surface area contributed by atoms with Gasteiger partial charge in [-0.1, -0.05) is 60.7 Å². The van der Waals surface area contributed by atoms with Crippen LogP contribution >= 0.6 is 0 Å². The van der Waals surface area contributed by atoms with E-state index in [2.05, 4.69) is 40.6 Å². The zero-order valence-electron chi connectivity index (χ0n) is 18.5. The average Bonchev–Trinajstić information content (AvgIpc) is 2.78.